The highest BCUT2D eigenvalue weighted by atomic mass is 16.8. The van der Waals surface area contributed by atoms with Crippen LogP contribution in [0.3, 0.4) is 0 Å². The Bertz CT molecular complexity index is 349. The fourth-order valence-electron chi connectivity index (χ4n) is 5.25. The molecule has 0 N–H and O–H groups in total. The van der Waals surface area contributed by atoms with E-state index in [9.17, 15) is 4.79 Å². The molecular weight excluding hydrogens is 208 g/mol. The first-order chi connectivity index (χ1) is 7.83. The molecule has 5 fully saturated rings. The quantitative estimate of drug-likeness (QED) is 0.580. The average Bonchev–Trinajstić information content (AvgIpc) is 2.98. The topological polar surface area (TPSA) is 44.8 Å². The molecule has 2 saturated carbocycles. The van der Waals surface area contributed by atoms with Crippen molar-refractivity contribution >= 4 is 6.16 Å². The van der Waals surface area contributed by atoms with Crippen LogP contribution in [0.1, 0.15) is 19.3 Å². The Morgan fingerprint density at radius 3 is 2.06 bits per heavy atom. The van der Waals surface area contributed by atoms with E-state index < -0.39 is 6.16 Å². The van der Waals surface area contributed by atoms with Crippen molar-refractivity contribution in [2.45, 2.75) is 43.7 Å². The number of carbonyl (C=O) groups excluding carboxylic acids is 1. The van der Waals surface area contributed by atoms with E-state index in [1.165, 1.54) is 19.3 Å². The van der Waals surface area contributed by atoms with Crippen LogP contribution in [0.25, 0.3) is 0 Å². The number of hydrogen-bond donors (Lipinski definition) is 0. The van der Waals surface area contributed by atoms with Gasteiger partial charge >= 0.3 is 6.16 Å². The van der Waals surface area contributed by atoms with Crippen molar-refractivity contribution in [3.8, 4) is 0 Å². The second-order valence-corrected chi connectivity index (χ2v) is 5.92. The first kappa shape index (κ1) is 8.34. The van der Waals surface area contributed by atoms with Gasteiger partial charge in [-0.2, -0.15) is 0 Å². The normalized spacial score (nSPS) is 64.4. The molecule has 86 valence electrons. The molecule has 4 bridgehead atoms. The predicted molar refractivity (Wildman–Crippen MR) is 51.6 cm³/mol. The maximum atomic E-state index is 11.2. The molecule has 8 atom stereocenters. The molecule has 16 heavy (non-hydrogen) atoms. The van der Waals surface area contributed by atoms with Crippen molar-refractivity contribution in [3.63, 3.8) is 0 Å². The van der Waals surface area contributed by atoms with Crippen LogP contribution in [0, 0.1) is 23.7 Å². The summed E-state index contributed by atoms with van der Waals surface area (Å²) in [5.74, 6) is 2.34. The molecule has 0 amide bonds. The van der Waals surface area contributed by atoms with E-state index in [0.29, 0.717) is 35.9 Å². The first-order valence-electron chi connectivity index (χ1n) is 6.35. The molecule has 4 nitrogen and oxygen atoms in total. The SMILES string of the molecule is O=C1OC2C3C[C@@H](C2O1)C1C2CCC(O2)C31. The van der Waals surface area contributed by atoms with Gasteiger partial charge in [0.1, 0.15) is 12.2 Å². The third-order valence-corrected chi connectivity index (χ3v) is 5.55. The molecule has 3 aliphatic heterocycles. The third-order valence-electron chi connectivity index (χ3n) is 5.55. The van der Waals surface area contributed by atoms with Gasteiger partial charge in [-0.05, 0) is 31.1 Å². The Morgan fingerprint density at radius 1 is 0.938 bits per heavy atom. The zero-order chi connectivity index (χ0) is 10.4. The summed E-state index contributed by atoms with van der Waals surface area (Å²) in [6, 6.07) is 0. The van der Waals surface area contributed by atoms with Gasteiger partial charge in [0.05, 0.1) is 12.2 Å². The Balaban J connectivity index is 1.57. The average molecular weight is 222 g/mol. The zero-order valence-corrected chi connectivity index (χ0v) is 8.87. The van der Waals surface area contributed by atoms with Gasteiger partial charge in [0, 0.05) is 11.8 Å². The lowest BCUT2D eigenvalue weighted by Gasteiger charge is -2.35. The Hall–Kier alpha value is -0.770. The fourth-order valence-corrected chi connectivity index (χ4v) is 5.25. The van der Waals surface area contributed by atoms with Crippen molar-refractivity contribution in [3.05, 3.63) is 0 Å². The lowest BCUT2D eigenvalue weighted by Crippen LogP contribution is -2.44. The van der Waals surface area contributed by atoms with Crippen LogP contribution in [0.2, 0.25) is 0 Å². The van der Waals surface area contributed by atoms with Crippen molar-refractivity contribution in [1.29, 1.82) is 0 Å². The molecule has 0 aromatic heterocycles. The summed E-state index contributed by atoms with van der Waals surface area (Å²) >= 11 is 0. The minimum absolute atomic E-state index is 0.0432. The number of hydrogen-bond acceptors (Lipinski definition) is 4. The van der Waals surface area contributed by atoms with Gasteiger partial charge in [0.2, 0.25) is 0 Å². The molecule has 4 heteroatoms. The monoisotopic (exact) mass is 222 g/mol. The molecular formula is C12H14O4. The minimum atomic E-state index is -0.446. The largest absolute Gasteiger partial charge is 0.509 e. The molecule has 3 saturated heterocycles. The maximum absolute atomic E-state index is 11.2. The summed E-state index contributed by atoms with van der Waals surface area (Å²) in [6.07, 6.45) is 4.15. The molecule has 0 aromatic rings. The zero-order valence-electron chi connectivity index (χ0n) is 8.87. The summed E-state index contributed by atoms with van der Waals surface area (Å²) in [5.41, 5.74) is 0. The van der Waals surface area contributed by atoms with E-state index in [-0.39, 0.29) is 12.2 Å². The standard InChI is InChI=1S/C12H14O4/c13-12-15-10-4-3-5(11(10)16-12)9-7-2-1-6(14-7)8(4)9/h4-11H,1-3H2/t4-,5?,6?,7?,8?,9?,10?,11?/m1/s1. The van der Waals surface area contributed by atoms with Crippen molar-refractivity contribution < 1.29 is 19.0 Å². The predicted octanol–water partition coefficient (Wildman–Crippen LogP) is 1.33. The fraction of sp³-hybridized carbons (Fsp3) is 0.917. The summed E-state index contributed by atoms with van der Waals surface area (Å²) < 4.78 is 16.7. The molecule has 5 rings (SSSR count). The highest BCUT2D eigenvalue weighted by Crippen LogP contribution is 2.64. The molecule has 3 heterocycles. The van der Waals surface area contributed by atoms with Crippen LogP contribution < -0.4 is 0 Å². The van der Waals surface area contributed by atoms with Crippen LogP contribution in [0.4, 0.5) is 4.79 Å². The molecule has 0 spiro atoms. The number of rotatable bonds is 0. The number of carbonyl (C=O) groups is 1. The lowest BCUT2D eigenvalue weighted by molar-refractivity contribution is 0.0269. The molecule has 0 radical (unpaired) electrons. The second-order valence-electron chi connectivity index (χ2n) is 5.92. The summed E-state index contributed by atoms with van der Waals surface area (Å²) in [6.45, 7) is 0. The van der Waals surface area contributed by atoms with E-state index in [1.54, 1.807) is 0 Å². The molecule has 2 aliphatic carbocycles. The minimum Gasteiger partial charge on any atom is -0.427 e. The number of ether oxygens (including phenoxy) is 3. The first-order valence-corrected chi connectivity index (χ1v) is 6.35. The van der Waals surface area contributed by atoms with Gasteiger partial charge < -0.3 is 14.2 Å². The Morgan fingerprint density at radius 2 is 1.50 bits per heavy atom. The van der Waals surface area contributed by atoms with E-state index >= 15 is 0 Å². The second kappa shape index (κ2) is 2.40. The van der Waals surface area contributed by atoms with Crippen LogP contribution in [0.5, 0.6) is 0 Å². The van der Waals surface area contributed by atoms with E-state index in [1.807, 2.05) is 0 Å². The summed E-state index contributed by atoms with van der Waals surface area (Å²) in [5, 5.41) is 0. The van der Waals surface area contributed by atoms with Gasteiger partial charge in [-0.25, -0.2) is 4.79 Å². The van der Waals surface area contributed by atoms with Crippen LogP contribution >= 0.6 is 0 Å². The van der Waals surface area contributed by atoms with Gasteiger partial charge in [-0.15, -0.1) is 0 Å². The van der Waals surface area contributed by atoms with E-state index in [0.717, 1.165) is 0 Å². The maximum Gasteiger partial charge on any atom is 0.509 e. The molecule has 0 aromatic carbocycles. The van der Waals surface area contributed by atoms with Crippen molar-refractivity contribution in [2.75, 3.05) is 0 Å². The highest BCUT2D eigenvalue weighted by molar-refractivity contribution is 5.63. The van der Waals surface area contributed by atoms with Crippen molar-refractivity contribution in [2.24, 2.45) is 23.7 Å². The van der Waals surface area contributed by atoms with Gasteiger partial charge in [0.15, 0.2) is 0 Å². The van der Waals surface area contributed by atoms with Gasteiger partial charge in [-0.1, -0.05) is 0 Å². The highest BCUT2D eigenvalue weighted by Gasteiger charge is 2.70. The Labute approximate surface area is 93.2 Å². The summed E-state index contributed by atoms with van der Waals surface area (Å²) in [4.78, 5) is 11.2. The molecule has 7 unspecified atom stereocenters. The molecule has 5 aliphatic rings. The van der Waals surface area contributed by atoms with E-state index in [2.05, 4.69) is 0 Å². The van der Waals surface area contributed by atoms with Gasteiger partial charge in [-0.3, -0.25) is 0 Å². The smallest absolute Gasteiger partial charge is 0.427 e. The number of fused-ring (bicyclic) bond motifs is 12. The van der Waals surface area contributed by atoms with Gasteiger partial charge in [0.25, 0.3) is 0 Å². The summed E-state index contributed by atoms with van der Waals surface area (Å²) in [7, 11) is 0. The Kier molecular flexibility index (Phi) is 1.25. The van der Waals surface area contributed by atoms with E-state index in [4.69, 9.17) is 14.2 Å². The third kappa shape index (κ3) is 0.725. The van der Waals surface area contributed by atoms with Crippen LogP contribution in [0.15, 0.2) is 0 Å². The van der Waals surface area contributed by atoms with Crippen LogP contribution in [-0.4, -0.2) is 30.6 Å². The van der Waals surface area contributed by atoms with Crippen LogP contribution in [-0.2, 0) is 14.2 Å². The lowest BCUT2D eigenvalue weighted by atomic mass is 9.69. The van der Waals surface area contributed by atoms with Crippen molar-refractivity contribution in [1.82, 2.24) is 0 Å².